The van der Waals surface area contributed by atoms with Gasteiger partial charge in [-0.15, -0.1) is 0 Å². The molecule has 37 heavy (non-hydrogen) atoms. The van der Waals surface area contributed by atoms with Crippen LogP contribution in [0.25, 0.3) is 10.9 Å². The first kappa shape index (κ1) is 24.7. The standard InChI is InChI=1S/C30H30FN3O3/c1-37-27(35)15-8-20-4-9-22(10-5-20)29(28-25-14-11-23(31)18-26(25)33-30(28)36)32-24-12-6-21(7-13-24)19-34-16-2-3-17-34/h4-7,9-14,18,33,36H,2-3,8,15-17,19H2,1H3. The van der Waals surface area contributed by atoms with Crippen LogP contribution in [-0.4, -0.2) is 46.9 Å². The number of aliphatic imine (C=N–C) groups is 1. The van der Waals surface area contributed by atoms with Crippen LogP contribution >= 0.6 is 0 Å². The van der Waals surface area contributed by atoms with E-state index >= 15 is 0 Å². The Hall–Kier alpha value is -3.97. The number of aromatic nitrogens is 1. The van der Waals surface area contributed by atoms with Gasteiger partial charge in [-0.25, -0.2) is 9.38 Å². The molecule has 3 aromatic carbocycles. The zero-order valence-electron chi connectivity index (χ0n) is 20.8. The fraction of sp³-hybridized carbons (Fsp3) is 0.267. The number of likely N-dealkylation sites (tertiary alicyclic amines) is 1. The first-order valence-electron chi connectivity index (χ1n) is 12.6. The van der Waals surface area contributed by atoms with Gasteiger partial charge >= 0.3 is 5.97 Å². The van der Waals surface area contributed by atoms with Gasteiger partial charge in [0.25, 0.3) is 0 Å². The van der Waals surface area contributed by atoms with E-state index < -0.39 is 0 Å². The minimum Gasteiger partial charge on any atom is -0.494 e. The van der Waals surface area contributed by atoms with Crippen molar-refractivity contribution in [3.8, 4) is 5.88 Å². The van der Waals surface area contributed by atoms with Gasteiger partial charge in [-0.1, -0.05) is 36.4 Å². The molecule has 0 aliphatic carbocycles. The van der Waals surface area contributed by atoms with E-state index in [1.807, 2.05) is 36.4 Å². The van der Waals surface area contributed by atoms with Crippen LogP contribution in [0.1, 0.15) is 41.5 Å². The second kappa shape index (κ2) is 11.0. The molecule has 2 heterocycles. The third kappa shape index (κ3) is 5.73. The Morgan fingerprint density at radius 1 is 1.03 bits per heavy atom. The summed E-state index contributed by atoms with van der Waals surface area (Å²) in [7, 11) is 1.38. The van der Waals surface area contributed by atoms with Crippen molar-refractivity contribution in [2.75, 3.05) is 20.2 Å². The van der Waals surface area contributed by atoms with Crippen LogP contribution in [0.2, 0.25) is 0 Å². The Balaban J connectivity index is 1.51. The van der Waals surface area contributed by atoms with Crippen molar-refractivity contribution in [2.45, 2.75) is 32.2 Å². The zero-order valence-corrected chi connectivity index (χ0v) is 20.8. The molecule has 1 aromatic heterocycles. The Bertz CT molecular complexity index is 1420. The van der Waals surface area contributed by atoms with E-state index in [-0.39, 0.29) is 17.7 Å². The van der Waals surface area contributed by atoms with Crippen molar-refractivity contribution >= 4 is 28.3 Å². The minimum absolute atomic E-state index is 0.0697. The van der Waals surface area contributed by atoms with Gasteiger partial charge in [0.15, 0.2) is 5.88 Å². The SMILES string of the molecule is COC(=O)CCc1ccc(C(=Nc2ccc(CN3CCCC3)cc2)c2c(O)[nH]c3cc(F)ccc23)cc1. The number of aromatic amines is 1. The lowest BCUT2D eigenvalue weighted by Gasteiger charge is -2.14. The molecule has 0 unspecified atom stereocenters. The number of esters is 1. The molecule has 0 spiro atoms. The first-order valence-corrected chi connectivity index (χ1v) is 12.6. The number of benzene rings is 3. The summed E-state index contributed by atoms with van der Waals surface area (Å²) in [5.41, 5.74) is 5.36. The summed E-state index contributed by atoms with van der Waals surface area (Å²) < 4.78 is 18.6. The van der Waals surface area contributed by atoms with E-state index in [1.54, 1.807) is 6.07 Å². The van der Waals surface area contributed by atoms with Gasteiger partial charge in [-0.2, -0.15) is 0 Å². The molecule has 0 amide bonds. The Kier molecular flexibility index (Phi) is 7.32. The fourth-order valence-electron chi connectivity index (χ4n) is 4.84. The second-order valence-electron chi connectivity index (χ2n) is 9.42. The summed E-state index contributed by atoms with van der Waals surface area (Å²) in [5, 5.41) is 11.5. The van der Waals surface area contributed by atoms with E-state index in [0.29, 0.717) is 35.0 Å². The number of hydrogen-bond donors (Lipinski definition) is 2. The van der Waals surface area contributed by atoms with Gasteiger partial charge in [0.2, 0.25) is 0 Å². The highest BCUT2D eigenvalue weighted by Crippen LogP contribution is 2.32. The van der Waals surface area contributed by atoms with Crippen molar-refractivity contribution in [3.63, 3.8) is 0 Å². The monoisotopic (exact) mass is 499 g/mol. The quantitative estimate of drug-likeness (QED) is 0.234. The summed E-state index contributed by atoms with van der Waals surface area (Å²) in [4.78, 5) is 21.8. The molecule has 0 atom stereocenters. The molecule has 0 bridgehead atoms. The fourth-order valence-corrected chi connectivity index (χ4v) is 4.84. The minimum atomic E-state index is -0.387. The normalized spacial score (nSPS) is 14.4. The Labute approximate surface area is 215 Å². The zero-order chi connectivity index (χ0) is 25.8. The predicted molar refractivity (Wildman–Crippen MR) is 143 cm³/mol. The topological polar surface area (TPSA) is 77.9 Å². The number of nitrogens with zero attached hydrogens (tertiary/aromatic N) is 2. The molecule has 1 saturated heterocycles. The lowest BCUT2D eigenvalue weighted by Crippen LogP contribution is -2.18. The van der Waals surface area contributed by atoms with Gasteiger partial charge in [0.1, 0.15) is 5.82 Å². The van der Waals surface area contributed by atoms with Gasteiger partial charge < -0.3 is 14.8 Å². The van der Waals surface area contributed by atoms with Gasteiger partial charge in [-0.3, -0.25) is 9.69 Å². The van der Waals surface area contributed by atoms with Crippen molar-refractivity contribution < 1.29 is 19.0 Å². The van der Waals surface area contributed by atoms with Crippen LogP contribution in [0, 0.1) is 5.82 Å². The second-order valence-corrected chi connectivity index (χ2v) is 9.42. The van der Waals surface area contributed by atoms with Crippen molar-refractivity contribution in [2.24, 2.45) is 4.99 Å². The Morgan fingerprint density at radius 2 is 1.73 bits per heavy atom. The van der Waals surface area contributed by atoms with E-state index in [4.69, 9.17) is 9.73 Å². The van der Waals surface area contributed by atoms with E-state index in [2.05, 4.69) is 22.0 Å². The number of nitrogens with one attached hydrogen (secondary N) is 1. The summed E-state index contributed by atoms with van der Waals surface area (Å²) in [5.74, 6) is -0.711. The molecule has 1 aliphatic rings. The Morgan fingerprint density at radius 3 is 2.43 bits per heavy atom. The molecule has 0 radical (unpaired) electrons. The molecule has 4 aromatic rings. The number of hydrogen-bond acceptors (Lipinski definition) is 5. The average molecular weight is 500 g/mol. The maximum absolute atomic E-state index is 13.9. The summed E-state index contributed by atoms with van der Waals surface area (Å²) in [6.07, 6.45) is 3.38. The van der Waals surface area contributed by atoms with E-state index in [1.165, 1.54) is 37.6 Å². The van der Waals surface area contributed by atoms with Gasteiger partial charge in [0.05, 0.1) is 29.6 Å². The van der Waals surface area contributed by atoms with Crippen LogP contribution in [0.4, 0.5) is 10.1 Å². The number of H-pyrrole nitrogens is 1. The number of carbonyl (C=O) groups is 1. The highest BCUT2D eigenvalue weighted by molar-refractivity contribution is 6.21. The predicted octanol–water partition coefficient (Wildman–Crippen LogP) is 5.88. The molecule has 1 aliphatic heterocycles. The number of carbonyl (C=O) groups excluding carboxylic acids is 1. The molecule has 7 heteroatoms. The highest BCUT2D eigenvalue weighted by atomic mass is 19.1. The van der Waals surface area contributed by atoms with E-state index in [9.17, 15) is 14.3 Å². The largest absolute Gasteiger partial charge is 0.494 e. The molecule has 190 valence electrons. The van der Waals surface area contributed by atoms with Gasteiger partial charge in [0, 0.05) is 23.9 Å². The van der Waals surface area contributed by atoms with Crippen molar-refractivity contribution in [1.29, 1.82) is 0 Å². The van der Waals surface area contributed by atoms with Gasteiger partial charge in [-0.05, 0) is 73.8 Å². The number of rotatable bonds is 8. The molecule has 6 nitrogen and oxygen atoms in total. The molecule has 1 fully saturated rings. The van der Waals surface area contributed by atoms with Crippen LogP contribution in [0.15, 0.2) is 71.7 Å². The first-order chi connectivity index (χ1) is 18.0. The van der Waals surface area contributed by atoms with Crippen LogP contribution in [0.5, 0.6) is 5.88 Å². The van der Waals surface area contributed by atoms with E-state index in [0.717, 1.165) is 36.4 Å². The average Bonchev–Trinajstić information content (AvgIpc) is 3.53. The lowest BCUT2D eigenvalue weighted by molar-refractivity contribution is -0.140. The number of methoxy groups -OCH3 is 1. The van der Waals surface area contributed by atoms with Crippen LogP contribution < -0.4 is 0 Å². The highest BCUT2D eigenvalue weighted by Gasteiger charge is 2.19. The summed E-state index contributed by atoms with van der Waals surface area (Å²) in [6.45, 7) is 3.21. The number of aromatic hydroxyl groups is 1. The number of ether oxygens (including phenoxy) is 1. The van der Waals surface area contributed by atoms with Crippen LogP contribution in [-0.2, 0) is 22.5 Å². The maximum Gasteiger partial charge on any atom is 0.305 e. The third-order valence-corrected chi connectivity index (χ3v) is 6.83. The number of aryl methyl sites for hydroxylation is 1. The van der Waals surface area contributed by atoms with Crippen LogP contribution in [0.3, 0.4) is 0 Å². The van der Waals surface area contributed by atoms with Crippen molar-refractivity contribution in [1.82, 2.24) is 9.88 Å². The van der Waals surface area contributed by atoms with Crippen molar-refractivity contribution in [3.05, 3.63) is 94.8 Å². The third-order valence-electron chi connectivity index (χ3n) is 6.83. The molecule has 5 rings (SSSR count). The molecular weight excluding hydrogens is 469 g/mol. The summed E-state index contributed by atoms with van der Waals surface area (Å²) >= 11 is 0. The number of halogens is 1. The summed E-state index contributed by atoms with van der Waals surface area (Å²) in [6, 6.07) is 20.3. The molecular formula is C30H30FN3O3. The molecule has 2 N–H and O–H groups in total. The lowest BCUT2D eigenvalue weighted by atomic mass is 9.98. The smallest absolute Gasteiger partial charge is 0.305 e. The number of fused-ring (bicyclic) bond motifs is 1. The maximum atomic E-state index is 13.9. The molecule has 0 saturated carbocycles.